The average Bonchev–Trinajstić information content (AvgIpc) is 2.29. The number of rotatable bonds is 7. The van der Waals surface area contributed by atoms with Gasteiger partial charge in [-0.2, -0.15) is 0 Å². The van der Waals surface area contributed by atoms with Crippen LogP contribution in [0.3, 0.4) is 0 Å². The molecular weight excluding hydrogens is 262 g/mol. The Kier molecular flexibility index (Phi) is 6.77. The molecule has 1 aliphatic rings. The molecule has 0 aromatic rings. The Morgan fingerprint density at radius 1 is 1.35 bits per heavy atom. The molecule has 1 N–H and O–H groups in total. The molecule has 0 radical (unpaired) electrons. The van der Waals surface area contributed by atoms with Gasteiger partial charge in [0.2, 0.25) is 10.0 Å². The molecule has 0 bridgehead atoms. The van der Waals surface area contributed by atoms with Gasteiger partial charge in [-0.05, 0) is 25.7 Å². The quantitative estimate of drug-likeness (QED) is 0.572. The molecule has 17 heavy (non-hydrogen) atoms. The van der Waals surface area contributed by atoms with Crippen molar-refractivity contribution in [2.75, 3.05) is 24.8 Å². The van der Waals surface area contributed by atoms with Crippen molar-refractivity contribution in [3.63, 3.8) is 0 Å². The number of halogens is 1. The third-order valence-corrected chi connectivity index (χ3v) is 4.90. The number of nitrogens with one attached hydrogen (secondary N) is 1. The van der Waals surface area contributed by atoms with Gasteiger partial charge in [-0.25, -0.2) is 13.1 Å². The Morgan fingerprint density at radius 2 is 2.06 bits per heavy atom. The number of hydrogen-bond acceptors (Lipinski definition) is 3. The van der Waals surface area contributed by atoms with Gasteiger partial charge in [0.05, 0.1) is 12.4 Å². The summed E-state index contributed by atoms with van der Waals surface area (Å²) in [5, 5.41) is 0. The standard InChI is InChI=1S/C11H22ClNO3S/c1-2-16-7-8-17(14,15)13-11-6-4-3-5-10(11)9-12/h10-11,13H,2-9H2,1H3. The summed E-state index contributed by atoms with van der Waals surface area (Å²) >= 11 is 5.87. The SMILES string of the molecule is CCOCCS(=O)(=O)NC1CCCCC1CCl. The summed E-state index contributed by atoms with van der Waals surface area (Å²) in [4.78, 5) is 0. The molecule has 0 aliphatic heterocycles. The van der Waals surface area contributed by atoms with Gasteiger partial charge < -0.3 is 4.74 Å². The highest BCUT2D eigenvalue weighted by atomic mass is 35.5. The van der Waals surface area contributed by atoms with E-state index in [1.165, 1.54) is 0 Å². The first kappa shape index (κ1) is 15.2. The van der Waals surface area contributed by atoms with Gasteiger partial charge in [-0.1, -0.05) is 12.8 Å². The molecule has 0 saturated heterocycles. The third kappa shape index (κ3) is 5.55. The maximum Gasteiger partial charge on any atom is 0.214 e. The second-order valence-corrected chi connectivity index (χ2v) is 6.62. The van der Waals surface area contributed by atoms with E-state index in [9.17, 15) is 8.42 Å². The molecule has 4 nitrogen and oxygen atoms in total. The van der Waals surface area contributed by atoms with Crippen LogP contribution >= 0.6 is 11.6 Å². The average molecular weight is 284 g/mol. The highest BCUT2D eigenvalue weighted by molar-refractivity contribution is 7.89. The van der Waals surface area contributed by atoms with Crippen LogP contribution in [-0.2, 0) is 14.8 Å². The van der Waals surface area contributed by atoms with Crippen LogP contribution in [0.15, 0.2) is 0 Å². The van der Waals surface area contributed by atoms with Gasteiger partial charge in [0.15, 0.2) is 0 Å². The van der Waals surface area contributed by atoms with Crippen LogP contribution in [0.2, 0.25) is 0 Å². The molecule has 0 amide bonds. The summed E-state index contributed by atoms with van der Waals surface area (Å²) in [7, 11) is -3.23. The largest absolute Gasteiger partial charge is 0.381 e. The lowest BCUT2D eigenvalue weighted by Gasteiger charge is -2.30. The predicted octanol–water partition coefficient (Wildman–Crippen LogP) is 1.74. The van der Waals surface area contributed by atoms with Crippen LogP contribution < -0.4 is 4.72 Å². The van der Waals surface area contributed by atoms with Gasteiger partial charge in [-0.3, -0.25) is 0 Å². The Balaban J connectivity index is 2.44. The van der Waals surface area contributed by atoms with Crippen molar-refractivity contribution in [1.82, 2.24) is 4.72 Å². The third-order valence-electron chi connectivity index (χ3n) is 3.14. The van der Waals surface area contributed by atoms with Gasteiger partial charge in [0.1, 0.15) is 0 Å². The fraction of sp³-hybridized carbons (Fsp3) is 1.00. The molecule has 102 valence electrons. The molecule has 2 unspecified atom stereocenters. The Bertz CT molecular complexity index is 308. The smallest absolute Gasteiger partial charge is 0.214 e. The zero-order chi connectivity index (χ0) is 12.7. The number of alkyl halides is 1. The summed E-state index contributed by atoms with van der Waals surface area (Å²) in [5.41, 5.74) is 0. The molecule has 1 rings (SSSR count). The van der Waals surface area contributed by atoms with E-state index in [0.717, 1.165) is 25.7 Å². The fourth-order valence-electron chi connectivity index (χ4n) is 2.15. The van der Waals surface area contributed by atoms with Crippen molar-refractivity contribution in [3.05, 3.63) is 0 Å². The maximum absolute atomic E-state index is 11.8. The first-order valence-corrected chi connectivity index (χ1v) is 8.41. The lowest BCUT2D eigenvalue weighted by molar-refractivity contribution is 0.163. The number of hydrogen-bond donors (Lipinski definition) is 1. The predicted molar refractivity (Wildman–Crippen MR) is 69.9 cm³/mol. The lowest BCUT2D eigenvalue weighted by atomic mass is 9.86. The minimum absolute atomic E-state index is 0.00729. The number of ether oxygens (including phenoxy) is 1. The van der Waals surface area contributed by atoms with Crippen LogP contribution in [0, 0.1) is 5.92 Å². The highest BCUT2D eigenvalue weighted by Crippen LogP contribution is 2.25. The van der Waals surface area contributed by atoms with Crippen molar-refractivity contribution >= 4 is 21.6 Å². The van der Waals surface area contributed by atoms with E-state index in [-0.39, 0.29) is 24.3 Å². The van der Waals surface area contributed by atoms with E-state index in [2.05, 4.69) is 4.72 Å². The summed E-state index contributed by atoms with van der Waals surface area (Å²) < 4.78 is 31.4. The van der Waals surface area contributed by atoms with Gasteiger partial charge in [-0.15, -0.1) is 11.6 Å². The lowest BCUT2D eigenvalue weighted by Crippen LogP contribution is -2.44. The normalized spacial score (nSPS) is 26.0. The van der Waals surface area contributed by atoms with Crippen molar-refractivity contribution in [2.24, 2.45) is 5.92 Å². The van der Waals surface area contributed by atoms with E-state index in [4.69, 9.17) is 16.3 Å². The van der Waals surface area contributed by atoms with Crippen LogP contribution in [0.5, 0.6) is 0 Å². The zero-order valence-electron chi connectivity index (χ0n) is 10.3. The van der Waals surface area contributed by atoms with Crippen LogP contribution in [0.4, 0.5) is 0 Å². The van der Waals surface area contributed by atoms with Crippen LogP contribution in [0.25, 0.3) is 0 Å². The topological polar surface area (TPSA) is 55.4 Å². The van der Waals surface area contributed by atoms with Crippen molar-refractivity contribution in [1.29, 1.82) is 0 Å². The van der Waals surface area contributed by atoms with E-state index in [0.29, 0.717) is 12.5 Å². The molecule has 0 aromatic heterocycles. The molecule has 1 fully saturated rings. The maximum atomic E-state index is 11.8. The minimum atomic E-state index is -3.23. The molecule has 6 heteroatoms. The Labute approximate surface area is 109 Å². The zero-order valence-corrected chi connectivity index (χ0v) is 11.9. The Hall–Kier alpha value is 0.160. The van der Waals surface area contributed by atoms with Crippen LogP contribution in [0.1, 0.15) is 32.6 Å². The van der Waals surface area contributed by atoms with Crippen LogP contribution in [-0.4, -0.2) is 39.3 Å². The second-order valence-electron chi connectivity index (χ2n) is 4.44. The molecule has 2 atom stereocenters. The van der Waals surface area contributed by atoms with E-state index >= 15 is 0 Å². The van der Waals surface area contributed by atoms with Gasteiger partial charge in [0.25, 0.3) is 0 Å². The van der Waals surface area contributed by atoms with E-state index in [1.54, 1.807) is 0 Å². The second kappa shape index (κ2) is 7.56. The molecule has 1 saturated carbocycles. The highest BCUT2D eigenvalue weighted by Gasteiger charge is 2.27. The molecular formula is C11H22ClNO3S. The first-order chi connectivity index (χ1) is 8.09. The van der Waals surface area contributed by atoms with E-state index in [1.807, 2.05) is 6.92 Å². The van der Waals surface area contributed by atoms with Gasteiger partial charge >= 0.3 is 0 Å². The van der Waals surface area contributed by atoms with Gasteiger partial charge in [0, 0.05) is 18.5 Å². The monoisotopic (exact) mass is 283 g/mol. The summed E-state index contributed by atoms with van der Waals surface area (Å²) in [6.07, 6.45) is 4.13. The molecule has 0 aromatic carbocycles. The summed E-state index contributed by atoms with van der Waals surface area (Å²) in [6.45, 7) is 2.65. The van der Waals surface area contributed by atoms with Crippen molar-refractivity contribution in [3.8, 4) is 0 Å². The minimum Gasteiger partial charge on any atom is -0.381 e. The first-order valence-electron chi connectivity index (χ1n) is 6.22. The summed E-state index contributed by atoms with van der Waals surface area (Å²) in [6, 6.07) is 0.00729. The number of sulfonamides is 1. The van der Waals surface area contributed by atoms with Crippen molar-refractivity contribution in [2.45, 2.75) is 38.6 Å². The fourth-order valence-corrected chi connectivity index (χ4v) is 3.75. The van der Waals surface area contributed by atoms with Crippen molar-refractivity contribution < 1.29 is 13.2 Å². The van der Waals surface area contributed by atoms with E-state index < -0.39 is 10.0 Å². The molecule has 1 aliphatic carbocycles. The molecule has 0 spiro atoms. The Morgan fingerprint density at radius 3 is 2.71 bits per heavy atom. The molecule has 0 heterocycles. The summed E-state index contributed by atoms with van der Waals surface area (Å²) in [5.74, 6) is 0.831.